The Labute approximate surface area is 87.1 Å². The van der Waals surface area contributed by atoms with Crippen LogP contribution in [-0.2, 0) is 11.3 Å². The first-order valence-corrected chi connectivity index (χ1v) is 4.69. The summed E-state index contributed by atoms with van der Waals surface area (Å²) in [5.74, 6) is -0.563. The molecule has 76 valence electrons. The number of nitrogens with one attached hydrogen (secondary N) is 1. The molecule has 0 fully saturated rings. The van der Waals surface area contributed by atoms with Crippen molar-refractivity contribution in [2.75, 3.05) is 0 Å². The molecule has 1 N–H and O–H groups in total. The van der Waals surface area contributed by atoms with E-state index in [0.717, 1.165) is 5.56 Å². The average molecular weight is 216 g/mol. The standard InChI is InChI=1S/C10H11ClFNO/c1-7(11)10(14)13-6-8-3-2-4-9(12)5-8/h2-5,7H,6H2,1H3,(H,13,14). The van der Waals surface area contributed by atoms with E-state index in [-0.39, 0.29) is 11.7 Å². The summed E-state index contributed by atoms with van der Waals surface area (Å²) >= 11 is 5.54. The smallest absolute Gasteiger partial charge is 0.238 e. The Morgan fingerprint density at radius 1 is 1.64 bits per heavy atom. The van der Waals surface area contributed by atoms with Crippen LogP contribution in [0.15, 0.2) is 24.3 Å². The number of rotatable bonds is 3. The highest BCUT2D eigenvalue weighted by Gasteiger charge is 2.07. The van der Waals surface area contributed by atoms with E-state index in [2.05, 4.69) is 5.32 Å². The average Bonchev–Trinajstić information content (AvgIpc) is 2.14. The van der Waals surface area contributed by atoms with Crippen LogP contribution in [0, 0.1) is 5.82 Å². The lowest BCUT2D eigenvalue weighted by Gasteiger charge is -2.06. The Bertz CT molecular complexity index is 328. The topological polar surface area (TPSA) is 29.1 Å². The molecule has 1 aromatic rings. The van der Waals surface area contributed by atoms with Gasteiger partial charge in [0, 0.05) is 6.54 Å². The molecule has 1 rings (SSSR count). The van der Waals surface area contributed by atoms with Crippen molar-refractivity contribution in [1.82, 2.24) is 5.32 Å². The number of alkyl halides is 1. The van der Waals surface area contributed by atoms with E-state index in [1.54, 1.807) is 19.1 Å². The molecule has 1 aromatic carbocycles. The summed E-state index contributed by atoms with van der Waals surface area (Å²) in [6, 6.07) is 6.07. The molecular weight excluding hydrogens is 205 g/mol. The van der Waals surface area contributed by atoms with E-state index in [9.17, 15) is 9.18 Å². The van der Waals surface area contributed by atoms with Gasteiger partial charge in [0.25, 0.3) is 0 Å². The van der Waals surface area contributed by atoms with Gasteiger partial charge < -0.3 is 5.32 Å². The summed E-state index contributed by atoms with van der Waals surface area (Å²) in [6.45, 7) is 1.89. The van der Waals surface area contributed by atoms with Crippen molar-refractivity contribution in [3.8, 4) is 0 Å². The quantitative estimate of drug-likeness (QED) is 0.769. The minimum absolute atomic E-state index is 0.254. The lowest BCUT2D eigenvalue weighted by molar-refractivity contribution is -0.120. The van der Waals surface area contributed by atoms with Gasteiger partial charge in [-0.15, -0.1) is 11.6 Å². The summed E-state index contributed by atoms with van der Waals surface area (Å²) in [6.07, 6.45) is 0. The van der Waals surface area contributed by atoms with Crippen LogP contribution in [0.3, 0.4) is 0 Å². The summed E-state index contributed by atoms with van der Waals surface area (Å²) in [5.41, 5.74) is 0.718. The molecule has 1 atom stereocenters. The van der Waals surface area contributed by atoms with Crippen molar-refractivity contribution >= 4 is 17.5 Å². The minimum Gasteiger partial charge on any atom is -0.351 e. The predicted molar refractivity (Wildman–Crippen MR) is 53.6 cm³/mol. The van der Waals surface area contributed by atoms with Crippen LogP contribution in [0.4, 0.5) is 4.39 Å². The van der Waals surface area contributed by atoms with Crippen molar-refractivity contribution in [2.24, 2.45) is 0 Å². The van der Waals surface area contributed by atoms with Gasteiger partial charge >= 0.3 is 0 Å². The Morgan fingerprint density at radius 3 is 2.93 bits per heavy atom. The normalized spacial score (nSPS) is 12.2. The van der Waals surface area contributed by atoms with E-state index in [4.69, 9.17) is 11.6 Å². The molecule has 0 aliphatic carbocycles. The van der Waals surface area contributed by atoms with Gasteiger partial charge in [-0.25, -0.2) is 4.39 Å². The second-order valence-electron chi connectivity index (χ2n) is 2.96. The fourth-order valence-corrected chi connectivity index (χ4v) is 1.05. The zero-order chi connectivity index (χ0) is 10.6. The monoisotopic (exact) mass is 215 g/mol. The number of benzene rings is 1. The van der Waals surface area contributed by atoms with Crippen LogP contribution in [0.25, 0.3) is 0 Å². The molecule has 0 spiro atoms. The maximum atomic E-state index is 12.7. The van der Waals surface area contributed by atoms with Crippen LogP contribution in [-0.4, -0.2) is 11.3 Å². The predicted octanol–water partition coefficient (Wildman–Crippen LogP) is 2.07. The number of carbonyl (C=O) groups excluding carboxylic acids is 1. The van der Waals surface area contributed by atoms with E-state index >= 15 is 0 Å². The Hall–Kier alpha value is -1.09. The molecule has 0 radical (unpaired) electrons. The molecule has 0 aliphatic heterocycles. The first kappa shape index (κ1) is 11.0. The fourth-order valence-electron chi connectivity index (χ4n) is 0.977. The van der Waals surface area contributed by atoms with E-state index in [1.165, 1.54) is 12.1 Å². The maximum Gasteiger partial charge on any atom is 0.238 e. The van der Waals surface area contributed by atoms with Crippen molar-refractivity contribution < 1.29 is 9.18 Å². The number of halogens is 2. The van der Waals surface area contributed by atoms with Crippen LogP contribution >= 0.6 is 11.6 Å². The van der Waals surface area contributed by atoms with Gasteiger partial charge in [0.1, 0.15) is 11.2 Å². The first-order valence-electron chi connectivity index (χ1n) is 4.26. The SMILES string of the molecule is CC(Cl)C(=O)NCc1cccc(F)c1. The van der Waals surface area contributed by atoms with Gasteiger partial charge in [-0.05, 0) is 24.6 Å². The van der Waals surface area contributed by atoms with Crippen LogP contribution in [0.5, 0.6) is 0 Å². The lowest BCUT2D eigenvalue weighted by atomic mass is 10.2. The second-order valence-corrected chi connectivity index (χ2v) is 3.62. The zero-order valence-electron chi connectivity index (χ0n) is 7.76. The largest absolute Gasteiger partial charge is 0.351 e. The number of hydrogen-bond acceptors (Lipinski definition) is 1. The van der Waals surface area contributed by atoms with Crippen LogP contribution < -0.4 is 5.32 Å². The number of carbonyl (C=O) groups is 1. The van der Waals surface area contributed by atoms with E-state index in [0.29, 0.717) is 6.54 Å². The molecule has 1 unspecified atom stereocenters. The van der Waals surface area contributed by atoms with E-state index in [1.807, 2.05) is 0 Å². The third kappa shape index (κ3) is 3.34. The van der Waals surface area contributed by atoms with Crippen molar-refractivity contribution in [2.45, 2.75) is 18.8 Å². The molecular formula is C10H11ClFNO. The Kier molecular flexibility index (Phi) is 3.89. The van der Waals surface area contributed by atoms with Gasteiger partial charge in [-0.1, -0.05) is 12.1 Å². The zero-order valence-corrected chi connectivity index (χ0v) is 8.51. The van der Waals surface area contributed by atoms with Crippen LogP contribution in [0.1, 0.15) is 12.5 Å². The first-order chi connectivity index (χ1) is 6.59. The number of hydrogen-bond donors (Lipinski definition) is 1. The van der Waals surface area contributed by atoms with Gasteiger partial charge in [0.2, 0.25) is 5.91 Å². The lowest BCUT2D eigenvalue weighted by Crippen LogP contribution is -2.29. The van der Waals surface area contributed by atoms with Crippen LogP contribution in [0.2, 0.25) is 0 Å². The molecule has 0 saturated carbocycles. The van der Waals surface area contributed by atoms with Gasteiger partial charge in [-0.2, -0.15) is 0 Å². The summed E-state index contributed by atoms with van der Waals surface area (Å²) < 4.78 is 12.7. The molecule has 0 bridgehead atoms. The molecule has 1 amide bonds. The molecule has 4 heteroatoms. The summed E-state index contributed by atoms with van der Waals surface area (Å²) in [5, 5.41) is 2.02. The van der Waals surface area contributed by atoms with E-state index < -0.39 is 5.38 Å². The molecule has 0 heterocycles. The minimum atomic E-state index is -0.566. The molecule has 0 saturated heterocycles. The van der Waals surface area contributed by atoms with Crippen molar-refractivity contribution in [3.05, 3.63) is 35.6 Å². The molecule has 14 heavy (non-hydrogen) atoms. The van der Waals surface area contributed by atoms with Crippen molar-refractivity contribution in [1.29, 1.82) is 0 Å². The summed E-state index contributed by atoms with van der Waals surface area (Å²) in [7, 11) is 0. The Morgan fingerprint density at radius 2 is 2.36 bits per heavy atom. The second kappa shape index (κ2) is 4.96. The summed E-state index contributed by atoms with van der Waals surface area (Å²) in [4.78, 5) is 11.1. The highest BCUT2D eigenvalue weighted by atomic mass is 35.5. The maximum absolute atomic E-state index is 12.7. The molecule has 0 aromatic heterocycles. The van der Waals surface area contributed by atoms with Gasteiger partial charge in [0.15, 0.2) is 0 Å². The van der Waals surface area contributed by atoms with Crippen molar-refractivity contribution in [3.63, 3.8) is 0 Å². The number of amides is 1. The van der Waals surface area contributed by atoms with Gasteiger partial charge in [-0.3, -0.25) is 4.79 Å². The molecule has 2 nitrogen and oxygen atoms in total. The highest BCUT2D eigenvalue weighted by molar-refractivity contribution is 6.30. The third-order valence-electron chi connectivity index (χ3n) is 1.72. The van der Waals surface area contributed by atoms with Gasteiger partial charge in [0.05, 0.1) is 0 Å². The fraction of sp³-hybridized carbons (Fsp3) is 0.300. The third-order valence-corrected chi connectivity index (χ3v) is 1.92. The molecule has 0 aliphatic rings. The Balaban J connectivity index is 2.50. The highest BCUT2D eigenvalue weighted by Crippen LogP contribution is 2.03.